The van der Waals surface area contributed by atoms with Crippen molar-refractivity contribution in [2.24, 2.45) is 5.92 Å². The van der Waals surface area contributed by atoms with Crippen LogP contribution in [0.2, 0.25) is 0 Å². The van der Waals surface area contributed by atoms with E-state index in [4.69, 9.17) is 0 Å². The van der Waals surface area contributed by atoms with E-state index in [1.807, 2.05) is 19.9 Å². The van der Waals surface area contributed by atoms with Crippen LogP contribution in [0.25, 0.3) is 5.57 Å². The molecular formula is C26H32O. The summed E-state index contributed by atoms with van der Waals surface area (Å²) >= 11 is 0. The molecule has 0 heterocycles. The Kier molecular flexibility index (Phi) is 8.77. The molecule has 0 saturated heterocycles. The number of rotatable bonds is 6. The van der Waals surface area contributed by atoms with Crippen LogP contribution in [0.3, 0.4) is 0 Å². The van der Waals surface area contributed by atoms with Gasteiger partial charge in [-0.1, -0.05) is 92.2 Å². The number of carbonyl (C=O) groups excluding carboxylic acids is 1. The van der Waals surface area contributed by atoms with Crippen molar-refractivity contribution in [3.63, 3.8) is 0 Å². The maximum absolute atomic E-state index is 12.4. The molecular weight excluding hydrogens is 328 g/mol. The van der Waals surface area contributed by atoms with Gasteiger partial charge in [-0.15, -0.1) is 0 Å². The summed E-state index contributed by atoms with van der Waals surface area (Å²) in [5.74, 6) is 0.707. The van der Waals surface area contributed by atoms with Crippen molar-refractivity contribution in [3.8, 4) is 0 Å². The first kappa shape index (κ1) is 20.9. The fourth-order valence-corrected chi connectivity index (χ4v) is 3.43. The molecule has 0 radical (unpaired) electrons. The highest BCUT2D eigenvalue weighted by atomic mass is 16.1. The lowest BCUT2D eigenvalue weighted by atomic mass is 9.95. The van der Waals surface area contributed by atoms with Gasteiger partial charge in [-0.25, -0.2) is 0 Å². The Morgan fingerprint density at radius 2 is 1.81 bits per heavy atom. The molecule has 0 fully saturated rings. The molecule has 27 heavy (non-hydrogen) atoms. The minimum absolute atomic E-state index is 0.339. The summed E-state index contributed by atoms with van der Waals surface area (Å²) in [4.78, 5) is 12.4. The van der Waals surface area contributed by atoms with Gasteiger partial charge < -0.3 is 0 Å². The van der Waals surface area contributed by atoms with E-state index in [0.29, 0.717) is 24.5 Å². The van der Waals surface area contributed by atoms with Gasteiger partial charge in [0.1, 0.15) is 5.78 Å². The van der Waals surface area contributed by atoms with Crippen molar-refractivity contribution < 1.29 is 4.79 Å². The van der Waals surface area contributed by atoms with E-state index < -0.39 is 0 Å². The molecule has 0 amide bonds. The van der Waals surface area contributed by atoms with Crippen LogP contribution in [0, 0.1) is 12.8 Å². The van der Waals surface area contributed by atoms with Gasteiger partial charge in [0.15, 0.2) is 0 Å². The lowest BCUT2D eigenvalue weighted by Crippen LogP contribution is -2.07. The van der Waals surface area contributed by atoms with Gasteiger partial charge in [-0.3, -0.25) is 4.79 Å². The minimum atomic E-state index is 0.339. The molecule has 1 atom stereocenters. The van der Waals surface area contributed by atoms with Crippen LogP contribution < -0.4 is 0 Å². The van der Waals surface area contributed by atoms with Crippen LogP contribution in [0.15, 0.2) is 72.8 Å². The SMILES string of the molecule is CC.Cc1cccc(CCC(=O)CC2C=CCC(c3ccccc3)=CC2)c1. The Labute approximate surface area is 164 Å². The highest BCUT2D eigenvalue weighted by Gasteiger charge is 2.13. The lowest BCUT2D eigenvalue weighted by molar-refractivity contribution is -0.119. The number of hydrogen-bond acceptors (Lipinski definition) is 1. The predicted octanol–water partition coefficient (Wildman–Crippen LogP) is 6.96. The van der Waals surface area contributed by atoms with Gasteiger partial charge in [-0.2, -0.15) is 0 Å². The molecule has 2 aromatic rings. The predicted molar refractivity (Wildman–Crippen MR) is 117 cm³/mol. The molecule has 0 spiro atoms. The molecule has 2 aromatic carbocycles. The van der Waals surface area contributed by atoms with E-state index in [2.05, 4.69) is 73.7 Å². The van der Waals surface area contributed by atoms with Crippen molar-refractivity contribution >= 4 is 11.4 Å². The van der Waals surface area contributed by atoms with Gasteiger partial charge >= 0.3 is 0 Å². The second-order valence-corrected chi connectivity index (χ2v) is 6.96. The highest BCUT2D eigenvalue weighted by molar-refractivity contribution is 5.79. The van der Waals surface area contributed by atoms with E-state index in [1.165, 1.54) is 22.3 Å². The van der Waals surface area contributed by atoms with Crippen molar-refractivity contribution in [2.45, 2.75) is 52.9 Å². The summed E-state index contributed by atoms with van der Waals surface area (Å²) in [7, 11) is 0. The van der Waals surface area contributed by atoms with E-state index in [9.17, 15) is 4.79 Å². The fraction of sp³-hybridized carbons (Fsp3) is 0.346. The van der Waals surface area contributed by atoms with Gasteiger partial charge in [0.2, 0.25) is 0 Å². The molecule has 142 valence electrons. The summed E-state index contributed by atoms with van der Waals surface area (Å²) < 4.78 is 0. The van der Waals surface area contributed by atoms with E-state index in [1.54, 1.807) is 0 Å². The van der Waals surface area contributed by atoms with Crippen LogP contribution in [0.5, 0.6) is 0 Å². The number of hydrogen-bond donors (Lipinski definition) is 0. The Hall–Kier alpha value is -2.41. The molecule has 1 aliphatic carbocycles. The van der Waals surface area contributed by atoms with Crippen LogP contribution in [0.4, 0.5) is 0 Å². The summed E-state index contributed by atoms with van der Waals surface area (Å²) in [6.07, 6.45) is 10.8. The molecule has 0 saturated carbocycles. The number of allylic oxidation sites excluding steroid dienone is 4. The normalized spacial score (nSPS) is 16.0. The summed E-state index contributed by atoms with van der Waals surface area (Å²) in [5, 5.41) is 0. The van der Waals surface area contributed by atoms with Crippen LogP contribution in [-0.2, 0) is 11.2 Å². The zero-order valence-corrected chi connectivity index (χ0v) is 16.9. The Balaban J connectivity index is 0.00000126. The first-order valence-electron chi connectivity index (χ1n) is 10.2. The first-order chi connectivity index (χ1) is 13.2. The molecule has 1 nitrogen and oxygen atoms in total. The van der Waals surface area contributed by atoms with Crippen molar-refractivity contribution in [1.29, 1.82) is 0 Å². The number of ketones is 1. The Bertz CT molecular complexity index is 768. The molecule has 3 rings (SSSR count). The second kappa shape index (κ2) is 11.3. The minimum Gasteiger partial charge on any atom is -0.300 e. The fourth-order valence-electron chi connectivity index (χ4n) is 3.43. The lowest BCUT2D eigenvalue weighted by Gasteiger charge is -2.09. The number of Topliss-reactive ketones (excluding diaryl/α,β-unsaturated/α-hetero) is 1. The molecule has 0 aliphatic heterocycles. The zero-order chi connectivity index (χ0) is 19.5. The third-order valence-electron chi connectivity index (χ3n) is 4.82. The zero-order valence-electron chi connectivity index (χ0n) is 16.9. The van der Waals surface area contributed by atoms with Gasteiger partial charge in [-0.05, 0) is 48.8 Å². The second-order valence-electron chi connectivity index (χ2n) is 6.96. The molecule has 1 unspecified atom stereocenters. The van der Waals surface area contributed by atoms with Crippen molar-refractivity contribution in [1.82, 2.24) is 0 Å². The summed E-state index contributed by atoms with van der Waals surface area (Å²) in [5.41, 5.74) is 5.18. The maximum atomic E-state index is 12.4. The van der Waals surface area contributed by atoms with Gasteiger partial charge in [0, 0.05) is 12.8 Å². The number of carbonyl (C=O) groups is 1. The van der Waals surface area contributed by atoms with E-state index in [0.717, 1.165) is 19.3 Å². The summed E-state index contributed by atoms with van der Waals surface area (Å²) in [6, 6.07) is 19.0. The standard InChI is InChI=1S/C24H26O.C2H6/c1-19-7-5-8-20(17-19)14-16-24(25)18-21-9-6-12-23(15-13-21)22-10-3-2-4-11-22;1-2/h2-11,15,17,21H,12-14,16,18H2,1H3;1-2H3. The monoisotopic (exact) mass is 360 g/mol. The molecule has 0 N–H and O–H groups in total. The van der Waals surface area contributed by atoms with Crippen LogP contribution in [0.1, 0.15) is 56.2 Å². The average Bonchev–Trinajstić information content (AvgIpc) is 2.94. The van der Waals surface area contributed by atoms with E-state index in [-0.39, 0.29) is 0 Å². The maximum Gasteiger partial charge on any atom is 0.133 e. The van der Waals surface area contributed by atoms with Crippen molar-refractivity contribution in [3.05, 3.63) is 89.5 Å². The summed E-state index contributed by atoms with van der Waals surface area (Å²) in [6.45, 7) is 6.10. The van der Waals surface area contributed by atoms with Crippen LogP contribution in [-0.4, -0.2) is 5.78 Å². The largest absolute Gasteiger partial charge is 0.300 e. The third-order valence-corrected chi connectivity index (χ3v) is 4.82. The molecule has 1 aliphatic rings. The number of benzene rings is 2. The molecule has 0 bridgehead atoms. The Morgan fingerprint density at radius 1 is 1.04 bits per heavy atom. The van der Waals surface area contributed by atoms with E-state index >= 15 is 0 Å². The number of aryl methyl sites for hydroxylation is 2. The third kappa shape index (κ3) is 7.02. The topological polar surface area (TPSA) is 17.1 Å². The Morgan fingerprint density at radius 3 is 2.56 bits per heavy atom. The van der Waals surface area contributed by atoms with Crippen LogP contribution >= 0.6 is 0 Å². The first-order valence-corrected chi connectivity index (χ1v) is 10.2. The average molecular weight is 361 g/mol. The highest BCUT2D eigenvalue weighted by Crippen LogP contribution is 2.26. The van der Waals surface area contributed by atoms with Gasteiger partial charge in [0.25, 0.3) is 0 Å². The molecule has 0 aromatic heterocycles. The quantitative estimate of drug-likeness (QED) is 0.509. The van der Waals surface area contributed by atoms with Gasteiger partial charge in [0.05, 0.1) is 0 Å². The molecule has 1 heteroatoms. The van der Waals surface area contributed by atoms with Crippen molar-refractivity contribution in [2.75, 3.05) is 0 Å². The smallest absolute Gasteiger partial charge is 0.133 e.